The monoisotopic (exact) mass is 355 g/mol. The molecule has 0 amide bonds. The van der Waals surface area contributed by atoms with Gasteiger partial charge in [-0.1, -0.05) is 0 Å². The molecule has 0 unspecified atom stereocenters. The summed E-state index contributed by atoms with van der Waals surface area (Å²) in [5.41, 5.74) is 0. The third-order valence-corrected chi connectivity index (χ3v) is 5.85. The lowest BCUT2D eigenvalue weighted by Crippen LogP contribution is -2.28. The number of anilines is 2. The van der Waals surface area contributed by atoms with Crippen molar-refractivity contribution in [3.05, 3.63) is 28.9 Å². The van der Waals surface area contributed by atoms with E-state index in [1.807, 2.05) is 20.8 Å². The Balaban J connectivity index is 1.88. The largest absolute Gasteiger partial charge is 0.370 e. The van der Waals surface area contributed by atoms with Crippen molar-refractivity contribution in [2.45, 2.75) is 25.0 Å². The summed E-state index contributed by atoms with van der Waals surface area (Å²) in [7, 11) is -3.44. The van der Waals surface area contributed by atoms with Crippen LogP contribution in [0.25, 0.3) is 0 Å². The highest BCUT2D eigenvalue weighted by Crippen LogP contribution is 2.20. The quantitative estimate of drug-likeness (QED) is 0.627. The van der Waals surface area contributed by atoms with Gasteiger partial charge in [0.15, 0.2) is 0 Å². The number of nitrogens with one attached hydrogen (secondary N) is 3. The van der Waals surface area contributed by atoms with E-state index in [0.29, 0.717) is 22.4 Å². The van der Waals surface area contributed by atoms with Gasteiger partial charge >= 0.3 is 0 Å². The van der Waals surface area contributed by atoms with Crippen molar-refractivity contribution in [3.63, 3.8) is 0 Å². The van der Waals surface area contributed by atoms with E-state index >= 15 is 0 Å². The second-order valence-corrected chi connectivity index (χ2v) is 8.19. The molecule has 0 atom stereocenters. The molecule has 0 saturated heterocycles. The van der Waals surface area contributed by atoms with E-state index in [4.69, 9.17) is 0 Å². The minimum atomic E-state index is -3.44. The van der Waals surface area contributed by atoms with E-state index in [1.54, 1.807) is 18.2 Å². The molecule has 0 bridgehead atoms. The highest BCUT2D eigenvalue weighted by atomic mass is 32.2. The molecule has 0 aliphatic heterocycles. The highest BCUT2D eigenvalue weighted by Gasteiger charge is 2.15. The second kappa shape index (κ2) is 7.71. The van der Waals surface area contributed by atoms with Crippen LogP contribution in [-0.2, 0) is 10.0 Å². The number of aromatic nitrogens is 2. The van der Waals surface area contributed by atoms with Crippen LogP contribution in [0, 0.1) is 13.8 Å². The molecule has 0 spiro atoms. The average molecular weight is 355 g/mol. The maximum atomic E-state index is 12.1. The number of sulfonamides is 1. The van der Waals surface area contributed by atoms with Crippen LogP contribution >= 0.6 is 11.3 Å². The predicted octanol–water partition coefficient (Wildman–Crippen LogP) is 1.98. The number of hydrogen-bond acceptors (Lipinski definition) is 7. The fourth-order valence-electron chi connectivity index (χ4n) is 1.93. The minimum absolute atomic E-state index is 0.277. The summed E-state index contributed by atoms with van der Waals surface area (Å²) in [6, 6.07) is 5.21. The number of hydrogen-bond donors (Lipinski definition) is 3. The van der Waals surface area contributed by atoms with Gasteiger partial charge in [-0.25, -0.2) is 23.1 Å². The number of nitrogens with zero attached hydrogens (tertiary/aromatic N) is 2. The summed E-state index contributed by atoms with van der Waals surface area (Å²) in [6.07, 6.45) is 0. The zero-order chi connectivity index (χ0) is 16.9. The molecule has 0 radical (unpaired) electrons. The van der Waals surface area contributed by atoms with Gasteiger partial charge in [0.1, 0.15) is 21.7 Å². The lowest BCUT2D eigenvalue weighted by atomic mass is 10.4. The lowest BCUT2D eigenvalue weighted by molar-refractivity contribution is 0.585. The number of aryl methyl sites for hydroxylation is 2. The smallest absolute Gasteiger partial charge is 0.250 e. The molecule has 3 N–H and O–H groups in total. The molecule has 7 nitrogen and oxygen atoms in total. The van der Waals surface area contributed by atoms with Crippen molar-refractivity contribution in [2.24, 2.45) is 0 Å². The van der Waals surface area contributed by atoms with Gasteiger partial charge in [-0.2, -0.15) is 0 Å². The summed E-state index contributed by atoms with van der Waals surface area (Å²) >= 11 is 1.26. The Morgan fingerprint density at radius 2 is 1.78 bits per heavy atom. The summed E-state index contributed by atoms with van der Waals surface area (Å²) in [6.45, 7) is 7.17. The van der Waals surface area contributed by atoms with Crippen LogP contribution in [0.3, 0.4) is 0 Å². The standard InChI is InChI=1S/C14H21N5O2S2/c1-4-15-12-9-13(19-11(3)18-12)16-7-8-17-23(20,21)14-6-5-10(2)22-14/h5-6,9,17H,4,7-8H2,1-3H3,(H2,15,16,18,19). The Hall–Kier alpha value is -1.71. The van der Waals surface area contributed by atoms with Crippen LogP contribution in [0.5, 0.6) is 0 Å². The van der Waals surface area contributed by atoms with Gasteiger partial charge in [0.25, 0.3) is 0 Å². The van der Waals surface area contributed by atoms with E-state index in [2.05, 4.69) is 25.3 Å². The summed E-state index contributed by atoms with van der Waals surface area (Å²) in [4.78, 5) is 9.50. The zero-order valence-corrected chi connectivity index (χ0v) is 15.0. The van der Waals surface area contributed by atoms with Gasteiger partial charge in [-0.05, 0) is 32.9 Å². The average Bonchev–Trinajstić information content (AvgIpc) is 2.91. The minimum Gasteiger partial charge on any atom is -0.370 e. The van der Waals surface area contributed by atoms with E-state index in [0.717, 1.165) is 17.2 Å². The topological polar surface area (TPSA) is 96.0 Å². The van der Waals surface area contributed by atoms with E-state index in [-0.39, 0.29) is 6.54 Å². The van der Waals surface area contributed by atoms with Gasteiger partial charge in [-0.3, -0.25) is 0 Å². The first-order valence-electron chi connectivity index (χ1n) is 7.30. The molecular weight excluding hydrogens is 334 g/mol. The maximum absolute atomic E-state index is 12.1. The van der Waals surface area contributed by atoms with E-state index in [1.165, 1.54) is 11.3 Å². The first kappa shape index (κ1) is 17.6. The lowest BCUT2D eigenvalue weighted by Gasteiger charge is -2.10. The normalized spacial score (nSPS) is 11.4. The zero-order valence-electron chi connectivity index (χ0n) is 13.4. The van der Waals surface area contributed by atoms with Gasteiger partial charge in [0.05, 0.1) is 0 Å². The Bertz CT molecular complexity index is 758. The Morgan fingerprint density at radius 3 is 2.39 bits per heavy atom. The molecule has 2 rings (SSSR count). The fourth-order valence-corrected chi connectivity index (χ4v) is 4.29. The molecule has 2 heterocycles. The Morgan fingerprint density at radius 1 is 1.09 bits per heavy atom. The van der Waals surface area contributed by atoms with Crippen LogP contribution in [0.15, 0.2) is 22.4 Å². The molecule has 0 saturated carbocycles. The molecule has 23 heavy (non-hydrogen) atoms. The maximum Gasteiger partial charge on any atom is 0.250 e. The van der Waals surface area contributed by atoms with Gasteiger partial charge < -0.3 is 10.6 Å². The fraction of sp³-hybridized carbons (Fsp3) is 0.429. The van der Waals surface area contributed by atoms with Crippen molar-refractivity contribution in [1.29, 1.82) is 0 Å². The third-order valence-electron chi connectivity index (χ3n) is 2.90. The molecular formula is C14H21N5O2S2. The molecule has 2 aromatic rings. The molecule has 0 aliphatic rings. The van der Waals surface area contributed by atoms with Gasteiger partial charge in [-0.15, -0.1) is 11.3 Å². The highest BCUT2D eigenvalue weighted by molar-refractivity contribution is 7.91. The van der Waals surface area contributed by atoms with Crippen LogP contribution in [0.2, 0.25) is 0 Å². The van der Waals surface area contributed by atoms with E-state index < -0.39 is 10.0 Å². The van der Waals surface area contributed by atoms with Crippen LogP contribution in [0.4, 0.5) is 11.6 Å². The van der Waals surface area contributed by atoms with Crippen molar-refractivity contribution >= 4 is 33.0 Å². The van der Waals surface area contributed by atoms with Crippen molar-refractivity contribution in [1.82, 2.24) is 14.7 Å². The van der Waals surface area contributed by atoms with Crippen molar-refractivity contribution in [2.75, 3.05) is 30.3 Å². The molecule has 2 aromatic heterocycles. The first-order valence-corrected chi connectivity index (χ1v) is 9.60. The van der Waals surface area contributed by atoms with E-state index in [9.17, 15) is 8.42 Å². The predicted molar refractivity (Wildman–Crippen MR) is 93.7 cm³/mol. The summed E-state index contributed by atoms with van der Waals surface area (Å²) in [5, 5.41) is 6.22. The Labute approximate surface area is 140 Å². The molecule has 9 heteroatoms. The second-order valence-electron chi connectivity index (χ2n) is 4.91. The molecule has 0 aromatic carbocycles. The molecule has 0 aliphatic carbocycles. The third kappa shape index (κ3) is 5.15. The first-order chi connectivity index (χ1) is 10.9. The SMILES string of the molecule is CCNc1cc(NCCNS(=O)(=O)c2ccc(C)s2)nc(C)n1. The summed E-state index contributed by atoms with van der Waals surface area (Å²) in [5.74, 6) is 2.07. The van der Waals surface area contributed by atoms with Crippen molar-refractivity contribution < 1.29 is 8.42 Å². The van der Waals surface area contributed by atoms with Gasteiger partial charge in [0.2, 0.25) is 10.0 Å². The number of thiophene rings is 1. The van der Waals surface area contributed by atoms with Crippen LogP contribution in [0.1, 0.15) is 17.6 Å². The molecule has 0 fully saturated rings. The van der Waals surface area contributed by atoms with Crippen LogP contribution < -0.4 is 15.4 Å². The Kier molecular flexibility index (Phi) is 5.91. The van der Waals surface area contributed by atoms with Crippen LogP contribution in [-0.4, -0.2) is 38.0 Å². The van der Waals surface area contributed by atoms with Crippen molar-refractivity contribution in [3.8, 4) is 0 Å². The molecule has 126 valence electrons. The number of rotatable bonds is 8. The summed E-state index contributed by atoms with van der Waals surface area (Å²) < 4.78 is 27.1. The van der Waals surface area contributed by atoms with Gasteiger partial charge in [0, 0.05) is 30.6 Å².